The zero-order chi connectivity index (χ0) is 15.6. The first kappa shape index (κ1) is 15.0. The Kier molecular flexibility index (Phi) is 3.93. The number of carboxylic acids is 1. The molecule has 0 saturated carbocycles. The molecule has 1 aromatic carbocycles. The van der Waals surface area contributed by atoms with Gasteiger partial charge >= 0.3 is 12.1 Å². The van der Waals surface area contributed by atoms with Gasteiger partial charge in [-0.3, -0.25) is 5.32 Å². The van der Waals surface area contributed by atoms with Gasteiger partial charge in [-0.2, -0.15) is 0 Å². The van der Waals surface area contributed by atoms with Gasteiger partial charge in [-0.15, -0.1) is 0 Å². The Morgan fingerprint density at radius 2 is 2.14 bits per heavy atom. The molecule has 21 heavy (non-hydrogen) atoms. The topological polar surface area (TPSA) is 96.9 Å². The number of rotatable bonds is 2. The van der Waals surface area contributed by atoms with Crippen LogP contribution in [-0.2, 0) is 9.53 Å². The van der Waals surface area contributed by atoms with Crippen LogP contribution in [0.3, 0.4) is 0 Å². The summed E-state index contributed by atoms with van der Waals surface area (Å²) < 4.78 is 10.6. The number of ether oxygens (including phenoxy) is 2. The quantitative estimate of drug-likeness (QED) is 0.774. The van der Waals surface area contributed by atoms with Crippen molar-refractivity contribution in [2.45, 2.75) is 32.5 Å². The standard InChI is InChI=1S/C14H18N2O5/c1-14(2,3)21-13(19)16-9-6-4-5-8-11(9)20-10(7-15-8)12(17)18/h4-6,10,15H,7H2,1-3H3,(H,16,19)(H,17,18). The molecule has 3 N–H and O–H groups in total. The summed E-state index contributed by atoms with van der Waals surface area (Å²) in [4.78, 5) is 22.8. The van der Waals surface area contributed by atoms with Gasteiger partial charge in [-0.1, -0.05) is 6.07 Å². The lowest BCUT2D eigenvalue weighted by Crippen LogP contribution is -2.38. The molecule has 114 valence electrons. The third-order valence-electron chi connectivity index (χ3n) is 2.66. The second kappa shape index (κ2) is 5.51. The molecule has 1 aliphatic heterocycles. The van der Waals surface area contributed by atoms with E-state index in [9.17, 15) is 9.59 Å². The molecule has 0 fully saturated rings. The van der Waals surface area contributed by atoms with Crippen LogP contribution in [0.1, 0.15) is 20.8 Å². The van der Waals surface area contributed by atoms with Crippen molar-refractivity contribution in [2.24, 2.45) is 0 Å². The Balaban J connectivity index is 2.18. The van der Waals surface area contributed by atoms with Crippen LogP contribution in [-0.4, -0.2) is 35.4 Å². The van der Waals surface area contributed by atoms with Crippen LogP contribution in [0.25, 0.3) is 0 Å². The summed E-state index contributed by atoms with van der Waals surface area (Å²) in [5.74, 6) is -0.776. The lowest BCUT2D eigenvalue weighted by atomic mass is 10.2. The third-order valence-corrected chi connectivity index (χ3v) is 2.66. The number of carbonyl (C=O) groups excluding carboxylic acids is 1. The number of hydrogen-bond acceptors (Lipinski definition) is 5. The summed E-state index contributed by atoms with van der Waals surface area (Å²) in [5, 5.41) is 14.5. The highest BCUT2D eigenvalue weighted by Crippen LogP contribution is 2.36. The molecule has 1 unspecified atom stereocenters. The predicted octanol–water partition coefficient (Wildman–Crippen LogP) is 2.29. The Labute approximate surface area is 122 Å². The predicted molar refractivity (Wildman–Crippen MR) is 76.8 cm³/mol. The van der Waals surface area contributed by atoms with Crippen molar-refractivity contribution in [1.29, 1.82) is 0 Å². The molecule has 7 nitrogen and oxygen atoms in total. The van der Waals surface area contributed by atoms with E-state index in [1.807, 2.05) is 0 Å². The number of anilines is 2. The van der Waals surface area contributed by atoms with Crippen molar-refractivity contribution in [3.8, 4) is 5.75 Å². The van der Waals surface area contributed by atoms with Crippen LogP contribution in [0.4, 0.5) is 16.2 Å². The van der Waals surface area contributed by atoms with E-state index in [4.69, 9.17) is 14.6 Å². The van der Waals surface area contributed by atoms with E-state index in [0.29, 0.717) is 17.1 Å². The van der Waals surface area contributed by atoms with Crippen LogP contribution in [0.5, 0.6) is 5.75 Å². The Morgan fingerprint density at radius 3 is 2.76 bits per heavy atom. The van der Waals surface area contributed by atoms with Crippen molar-refractivity contribution in [3.63, 3.8) is 0 Å². The molecule has 1 aromatic rings. The number of amides is 1. The van der Waals surface area contributed by atoms with Gasteiger partial charge in [0, 0.05) is 0 Å². The zero-order valence-electron chi connectivity index (χ0n) is 12.1. The van der Waals surface area contributed by atoms with Gasteiger partial charge in [-0.25, -0.2) is 9.59 Å². The van der Waals surface area contributed by atoms with Crippen molar-refractivity contribution in [1.82, 2.24) is 0 Å². The molecule has 0 radical (unpaired) electrons. The fourth-order valence-corrected chi connectivity index (χ4v) is 1.84. The van der Waals surface area contributed by atoms with Gasteiger partial charge in [-0.05, 0) is 32.9 Å². The smallest absolute Gasteiger partial charge is 0.412 e. The van der Waals surface area contributed by atoms with Gasteiger partial charge in [0.2, 0.25) is 6.10 Å². The van der Waals surface area contributed by atoms with Crippen LogP contribution >= 0.6 is 0 Å². The Hall–Kier alpha value is -2.44. The van der Waals surface area contributed by atoms with Crippen LogP contribution in [0.2, 0.25) is 0 Å². The highest BCUT2D eigenvalue weighted by atomic mass is 16.6. The minimum atomic E-state index is -1.07. The maximum Gasteiger partial charge on any atom is 0.412 e. The van der Waals surface area contributed by atoms with Gasteiger partial charge in [0.05, 0.1) is 17.9 Å². The molecule has 0 aromatic heterocycles. The average molecular weight is 294 g/mol. The van der Waals surface area contributed by atoms with Gasteiger partial charge in [0.15, 0.2) is 5.75 Å². The summed E-state index contributed by atoms with van der Waals surface area (Å²) in [5.41, 5.74) is 0.364. The van der Waals surface area contributed by atoms with E-state index in [0.717, 1.165) is 0 Å². The van der Waals surface area contributed by atoms with E-state index < -0.39 is 23.8 Å². The van der Waals surface area contributed by atoms with Crippen LogP contribution < -0.4 is 15.4 Å². The molecule has 2 rings (SSSR count). The van der Waals surface area contributed by atoms with Gasteiger partial charge in [0.1, 0.15) is 5.60 Å². The lowest BCUT2D eigenvalue weighted by molar-refractivity contribution is -0.144. The fourth-order valence-electron chi connectivity index (χ4n) is 1.84. The second-order valence-corrected chi connectivity index (χ2v) is 5.63. The molecule has 1 atom stereocenters. The fraction of sp³-hybridized carbons (Fsp3) is 0.429. The monoisotopic (exact) mass is 294 g/mol. The maximum atomic E-state index is 11.8. The summed E-state index contributed by atoms with van der Waals surface area (Å²) in [6.45, 7) is 5.43. The van der Waals surface area contributed by atoms with E-state index in [1.165, 1.54) is 0 Å². The highest BCUT2D eigenvalue weighted by Gasteiger charge is 2.28. The summed E-state index contributed by atoms with van der Waals surface area (Å²) in [7, 11) is 0. The molecular weight excluding hydrogens is 276 g/mol. The van der Waals surface area contributed by atoms with Crippen molar-refractivity contribution in [3.05, 3.63) is 18.2 Å². The number of aliphatic carboxylic acids is 1. The Bertz CT molecular complexity index is 565. The van der Waals surface area contributed by atoms with Crippen LogP contribution in [0, 0.1) is 0 Å². The van der Waals surface area contributed by atoms with Crippen LogP contribution in [0.15, 0.2) is 18.2 Å². The minimum absolute atomic E-state index is 0.165. The molecule has 1 amide bonds. The van der Waals surface area contributed by atoms with Gasteiger partial charge < -0.3 is 19.9 Å². The van der Waals surface area contributed by atoms with Crippen molar-refractivity contribution in [2.75, 3.05) is 17.2 Å². The van der Waals surface area contributed by atoms with Crippen molar-refractivity contribution >= 4 is 23.4 Å². The number of para-hydroxylation sites is 1. The summed E-state index contributed by atoms with van der Waals surface area (Å²) in [6, 6.07) is 5.09. The normalized spacial score (nSPS) is 17.0. The molecule has 0 spiro atoms. The first-order chi connectivity index (χ1) is 9.76. The highest BCUT2D eigenvalue weighted by molar-refractivity contribution is 5.90. The molecule has 1 heterocycles. The lowest BCUT2D eigenvalue weighted by Gasteiger charge is -2.27. The molecule has 0 bridgehead atoms. The first-order valence-corrected chi connectivity index (χ1v) is 6.52. The SMILES string of the molecule is CC(C)(C)OC(=O)Nc1cccc2c1OC(C(=O)O)CN2. The van der Waals surface area contributed by atoms with Gasteiger partial charge in [0.25, 0.3) is 0 Å². The first-order valence-electron chi connectivity index (χ1n) is 6.52. The van der Waals surface area contributed by atoms with Crippen molar-refractivity contribution < 1.29 is 24.2 Å². The number of nitrogens with one attached hydrogen (secondary N) is 2. The van der Waals surface area contributed by atoms with E-state index in [-0.39, 0.29) is 6.54 Å². The average Bonchev–Trinajstić information content (AvgIpc) is 2.36. The van der Waals surface area contributed by atoms with E-state index in [2.05, 4.69) is 10.6 Å². The summed E-state index contributed by atoms with van der Waals surface area (Å²) in [6.07, 6.45) is -1.63. The largest absolute Gasteiger partial charge is 0.478 e. The molecular formula is C14H18N2O5. The number of carboxylic acid groups (broad SMARTS) is 1. The number of fused-ring (bicyclic) bond motifs is 1. The zero-order valence-corrected chi connectivity index (χ0v) is 12.1. The number of benzene rings is 1. The third kappa shape index (κ3) is 3.77. The molecule has 0 saturated heterocycles. The minimum Gasteiger partial charge on any atom is -0.478 e. The Morgan fingerprint density at radius 1 is 1.43 bits per heavy atom. The van der Waals surface area contributed by atoms with E-state index >= 15 is 0 Å². The number of carbonyl (C=O) groups is 2. The molecule has 1 aliphatic rings. The van der Waals surface area contributed by atoms with E-state index in [1.54, 1.807) is 39.0 Å². The second-order valence-electron chi connectivity index (χ2n) is 5.63. The maximum absolute atomic E-state index is 11.8. The molecule has 7 heteroatoms. The summed E-state index contributed by atoms with van der Waals surface area (Å²) >= 11 is 0. The molecule has 0 aliphatic carbocycles. The number of hydrogen-bond donors (Lipinski definition) is 3.